The molecule has 0 spiro atoms. The first-order chi connectivity index (χ1) is 6.16. The van der Waals surface area contributed by atoms with E-state index in [-0.39, 0.29) is 5.91 Å². The molecule has 0 saturated carbocycles. The molecule has 0 bridgehead atoms. The van der Waals surface area contributed by atoms with Crippen molar-refractivity contribution in [3.63, 3.8) is 0 Å². The van der Waals surface area contributed by atoms with E-state index in [1.165, 1.54) is 0 Å². The number of primary amides is 1. The Balaban J connectivity index is 2.63. The van der Waals surface area contributed by atoms with Crippen LogP contribution in [0.1, 0.15) is 13.3 Å². The fourth-order valence-corrected chi connectivity index (χ4v) is 1.26. The lowest BCUT2D eigenvalue weighted by Crippen LogP contribution is -2.48. The fraction of sp³-hybridized carbons (Fsp3) is 0.667. The third-order valence-corrected chi connectivity index (χ3v) is 2.20. The molecule has 0 unspecified atom stereocenters. The highest BCUT2D eigenvalue weighted by Gasteiger charge is 2.26. The minimum atomic E-state index is -0.365. The molecule has 13 heavy (non-hydrogen) atoms. The molecule has 4 nitrogen and oxygen atoms in total. The molecule has 0 aromatic heterocycles. The second-order valence-corrected chi connectivity index (χ2v) is 3.16. The highest BCUT2D eigenvalue weighted by molar-refractivity contribution is 5.91. The number of likely N-dealkylation sites (N-methyl/N-ethyl adjacent to an activating group) is 1. The molecule has 0 atom stereocenters. The molecule has 1 fully saturated rings. The summed E-state index contributed by atoms with van der Waals surface area (Å²) in [5.74, 6) is -0.365. The van der Waals surface area contributed by atoms with Crippen LogP contribution in [0.3, 0.4) is 0 Å². The van der Waals surface area contributed by atoms with Gasteiger partial charge in [-0.25, -0.2) is 0 Å². The minimum Gasteiger partial charge on any atom is -0.377 e. The zero-order valence-electron chi connectivity index (χ0n) is 8.12. The molecule has 1 amide bonds. The summed E-state index contributed by atoms with van der Waals surface area (Å²) in [5.41, 5.74) is 5.84. The van der Waals surface area contributed by atoms with Crippen molar-refractivity contribution in [1.82, 2.24) is 4.90 Å². The monoisotopic (exact) mass is 184 g/mol. The highest BCUT2D eigenvalue weighted by atomic mass is 16.5. The zero-order valence-corrected chi connectivity index (χ0v) is 8.12. The predicted molar refractivity (Wildman–Crippen MR) is 49.9 cm³/mol. The number of hydrogen-bond donors (Lipinski definition) is 1. The van der Waals surface area contributed by atoms with Crippen LogP contribution in [0.5, 0.6) is 0 Å². The van der Waals surface area contributed by atoms with Gasteiger partial charge in [-0.2, -0.15) is 0 Å². The number of nitrogens with two attached hydrogens (primary N) is 1. The van der Waals surface area contributed by atoms with Crippen molar-refractivity contribution < 1.29 is 9.53 Å². The van der Waals surface area contributed by atoms with Crippen molar-refractivity contribution in [3.8, 4) is 0 Å². The second-order valence-electron chi connectivity index (χ2n) is 3.16. The van der Waals surface area contributed by atoms with Crippen LogP contribution in [0.2, 0.25) is 0 Å². The lowest BCUT2D eigenvalue weighted by atomic mass is 10.2. The number of amides is 1. The van der Waals surface area contributed by atoms with Crippen LogP contribution in [0.25, 0.3) is 0 Å². The van der Waals surface area contributed by atoms with Crippen LogP contribution < -0.4 is 5.73 Å². The summed E-state index contributed by atoms with van der Waals surface area (Å²) in [6.45, 7) is 3.35. The maximum Gasteiger partial charge on any atom is 0.264 e. The van der Waals surface area contributed by atoms with Crippen LogP contribution in [0, 0.1) is 0 Å². The quantitative estimate of drug-likeness (QED) is 0.630. The standard InChI is InChI=1S/C9H16N2O2/c1-3-4-8(9(10)12)11(2)7-5-13-6-7/h4,7H,3,5-6H2,1-2H3,(H2,10,12)/b8-4-. The van der Waals surface area contributed by atoms with E-state index in [1.807, 2.05) is 24.9 Å². The van der Waals surface area contributed by atoms with Gasteiger partial charge in [0.25, 0.3) is 5.91 Å². The van der Waals surface area contributed by atoms with Crippen molar-refractivity contribution in [2.45, 2.75) is 19.4 Å². The topological polar surface area (TPSA) is 55.6 Å². The smallest absolute Gasteiger partial charge is 0.264 e. The lowest BCUT2D eigenvalue weighted by Gasteiger charge is -2.36. The van der Waals surface area contributed by atoms with Crippen molar-refractivity contribution >= 4 is 5.91 Å². The number of nitrogens with zero attached hydrogens (tertiary/aromatic N) is 1. The summed E-state index contributed by atoms with van der Waals surface area (Å²) >= 11 is 0. The molecule has 4 heteroatoms. The normalized spacial score (nSPS) is 18.2. The van der Waals surface area contributed by atoms with E-state index in [2.05, 4.69) is 0 Å². The number of carbonyl (C=O) groups is 1. The van der Waals surface area contributed by atoms with Gasteiger partial charge in [0, 0.05) is 7.05 Å². The average molecular weight is 184 g/mol. The van der Waals surface area contributed by atoms with Crippen LogP contribution in [-0.4, -0.2) is 37.1 Å². The predicted octanol–water partition coefficient (Wildman–Crippen LogP) is 0.0962. The summed E-state index contributed by atoms with van der Waals surface area (Å²) in [4.78, 5) is 12.9. The van der Waals surface area contributed by atoms with Gasteiger partial charge in [0.2, 0.25) is 0 Å². The largest absolute Gasteiger partial charge is 0.377 e. The van der Waals surface area contributed by atoms with Gasteiger partial charge < -0.3 is 15.4 Å². The van der Waals surface area contributed by atoms with Gasteiger partial charge in [0.15, 0.2) is 0 Å². The molecule has 0 aromatic carbocycles. The third kappa shape index (κ3) is 2.21. The molecule has 2 N–H and O–H groups in total. The van der Waals surface area contributed by atoms with Crippen LogP contribution in [0.15, 0.2) is 11.8 Å². The van der Waals surface area contributed by atoms with Crippen LogP contribution in [-0.2, 0) is 9.53 Å². The van der Waals surface area contributed by atoms with Crippen molar-refractivity contribution in [2.75, 3.05) is 20.3 Å². The maximum absolute atomic E-state index is 11.0. The Labute approximate surface area is 78.3 Å². The first-order valence-corrected chi connectivity index (χ1v) is 4.47. The highest BCUT2D eigenvalue weighted by Crippen LogP contribution is 2.14. The van der Waals surface area contributed by atoms with Gasteiger partial charge in [-0.3, -0.25) is 4.79 Å². The fourth-order valence-electron chi connectivity index (χ4n) is 1.26. The van der Waals surface area contributed by atoms with E-state index in [1.54, 1.807) is 0 Å². The number of rotatable bonds is 4. The SMILES string of the molecule is CC/C=C(/C(N)=O)N(C)C1COC1. The molecular formula is C9H16N2O2. The van der Waals surface area contributed by atoms with E-state index >= 15 is 0 Å². The van der Waals surface area contributed by atoms with Crippen molar-refractivity contribution in [3.05, 3.63) is 11.8 Å². The summed E-state index contributed by atoms with van der Waals surface area (Å²) in [5, 5.41) is 0. The molecule has 0 aromatic rings. The van der Waals surface area contributed by atoms with Gasteiger partial charge in [-0.1, -0.05) is 13.0 Å². The summed E-state index contributed by atoms with van der Waals surface area (Å²) in [7, 11) is 1.87. The van der Waals surface area contributed by atoms with E-state index in [0.29, 0.717) is 25.0 Å². The number of ether oxygens (including phenoxy) is 1. The van der Waals surface area contributed by atoms with E-state index in [4.69, 9.17) is 10.5 Å². The Morgan fingerprint density at radius 3 is 2.62 bits per heavy atom. The average Bonchev–Trinajstić information content (AvgIpc) is 1.95. The first kappa shape index (κ1) is 10.1. The van der Waals surface area contributed by atoms with Crippen molar-refractivity contribution in [1.29, 1.82) is 0 Å². The molecule has 74 valence electrons. The molecule has 1 heterocycles. The van der Waals surface area contributed by atoms with Crippen molar-refractivity contribution in [2.24, 2.45) is 5.73 Å². The summed E-state index contributed by atoms with van der Waals surface area (Å²) in [6.07, 6.45) is 2.66. The van der Waals surface area contributed by atoms with Gasteiger partial charge >= 0.3 is 0 Å². The number of carbonyl (C=O) groups excluding carboxylic acids is 1. The zero-order chi connectivity index (χ0) is 9.84. The molecule has 0 radical (unpaired) electrons. The third-order valence-electron chi connectivity index (χ3n) is 2.20. The summed E-state index contributed by atoms with van der Waals surface area (Å²) < 4.78 is 5.04. The minimum absolute atomic E-state index is 0.310. The van der Waals surface area contributed by atoms with E-state index < -0.39 is 0 Å². The molecule has 0 aliphatic carbocycles. The lowest BCUT2D eigenvalue weighted by molar-refractivity contribution is -0.117. The Bertz CT molecular complexity index is 222. The second kappa shape index (κ2) is 4.28. The number of allylic oxidation sites excluding steroid dienone is 1. The Morgan fingerprint density at radius 1 is 1.69 bits per heavy atom. The van der Waals surface area contributed by atoms with Crippen LogP contribution in [0.4, 0.5) is 0 Å². The number of hydrogen-bond acceptors (Lipinski definition) is 3. The van der Waals surface area contributed by atoms with E-state index in [9.17, 15) is 4.79 Å². The molecule has 1 aliphatic heterocycles. The first-order valence-electron chi connectivity index (χ1n) is 4.47. The van der Waals surface area contributed by atoms with Gasteiger partial charge in [-0.05, 0) is 6.42 Å². The van der Waals surface area contributed by atoms with Gasteiger partial charge in [0.1, 0.15) is 0 Å². The Kier molecular flexibility index (Phi) is 3.31. The van der Waals surface area contributed by atoms with Crippen LogP contribution >= 0.6 is 0 Å². The molecule has 1 rings (SSSR count). The summed E-state index contributed by atoms with van der Waals surface area (Å²) in [6, 6.07) is 0.310. The van der Waals surface area contributed by atoms with Gasteiger partial charge in [0.05, 0.1) is 25.0 Å². The Hall–Kier alpha value is -1.03. The Morgan fingerprint density at radius 2 is 2.31 bits per heavy atom. The van der Waals surface area contributed by atoms with E-state index in [0.717, 1.165) is 6.42 Å². The molecule has 1 saturated heterocycles. The van der Waals surface area contributed by atoms with Gasteiger partial charge in [-0.15, -0.1) is 0 Å². The molecular weight excluding hydrogens is 168 g/mol. The maximum atomic E-state index is 11.0. The molecule has 1 aliphatic rings.